The molecule has 1 fully saturated rings. The molecule has 34 heavy (non-hydrogen) atoms. The molecule has 0 aromatic carbocycles. The molecule has 1 amide bonds. The third-order valence-corrected chi connectivity index (χ3v) is 5.83. The second-order valence-electron chi connectivity index (χ2n) is 8.00. The maximum Gasteiger partial charge on any atom is 0.308 e. The van der Waals surface area contributed by atoms with Gasteiger partial charge in [-0.2, -0.15) is 14.6 Å². The number of pyridine rings is 1. The van der Waals surface area contributed by atoms with Crippen molar-refractivity contribution in [3.63, 3.8) is 0 Å². The Morgan fingerprint density at radius 1 is 1.29 bits per heavy atom. The molecular weight excluding hydrogens is 440 g/mol. The zero-order valence-electron chi connectivity index (χ0n) is 18.9. The minimum Gasteiger partial charge on any atom is -0.431 e. The molecule has 0 saturated heterocycles. The molecule has 1 saturated carbocycles. The van der Waals surface area contributed by atoms with Crippen molar-refractivity contribution in [2.75, 3.05) is 24.8 Å². The molecule has 4 aromatic heterocycles. The lowest BCUT2D eigenvalue weighted by molar-refractivity contribution is 0.00732. The number of hydrogen-bond acceptors (Lipinski definition) is 9. The van der Waals surface area contributed by atoms with Crippen LogP contribution < -0.4 is 21.5 Å². The van der Waals surface area contributed by atoms with Crippen molar-refractivity contribution in [3.8, 4) is 6.01 Å². The van der Waals surface area contributed by atoms with Crippen molar-refractivity contribution in [1.82, 2.24) is 29.5 Å². The molecule has 1 aliphatic carbocycles. The molecule has 0 bridgehead atoms. The van der Waals surface area contributed by atoms with Crippen molar-refractivity contribution < 1.29 is 13.9 Å². The summed E-state index contributed by atoms with van der Waals surface area (Å²) in [6.45, 7) is 1.78. The molecule has 0 radical (unpaired) electrons. The van der Waals surface area contributed by atoms with Crippen molar-refractivity contribution in [3.05, 3.63) is 58.5 Å². The number of carbonyl (C=O) groups excluding carboxylic acids is 1. The van der Waals surface area contributed by atoms with Gasteiger partial charge in [0.05, 0.1) is 24.0 Å². The molecular formula is C22H24N8O4. The van der Waals surface area contributed by atoms with Gasteiger partial charge < -0.3 is 25.1 Å². The van der Waals surface area contributed by atoms with Crippen LogP contribution in [0.25, 0.3) is 11.7 Å². The maximum atomic E-state index is 13.0. The fourth-order valence-corrected chi connectivity index (χ4v) is 3.86. The molecule has 0 aliphatic heterocycles. The minimum atomic E-state index is -0.362. The molecule has 0 spiro atoms. The van der Waals surface area contributed by atoms with E-state index in [1.54, 1.807) is 45.5 Å². The number of ether oxygens (including phenoxy) is 1. The third-order valence-electron chi connectivity index (χ3n) is 5.83. The van der Waals surface area contributed by atoms with E-state index in [0.29, 0.717) is 28.5 Å². The Morgan fingerprint density at radius 2 is 2.15 bits per heavy atom. The number of anilines is 3. The third kappa shape index (κ3) is 3.77. The molecule has 5 rings (SSSR count). The van der Waals surface area contributed by atoms with E-state index in [1.807, 2.05) is 0 Å². The van der Waals surface area contributed by atoms with Gasteiger partial charge in [0.2, 0.25) is 0 Å². The van der Waals surface area contributed by atoms with Crippen molar-refractivity contribution in [2.24, 2.45) is 0 Å². The second-order valence-corrected chi connectivity index (χ2v) is 8.00. The topological polar surface area (TPSA) is 141 Å². The first-order chi connectivity index (χ1) is 16.5. The number of methoxy groups -OCH3 is 1. The predicted octanol–water partition coefficient (Wildman–Crippen LogP) is 1.87. The molecule has 12 nitrogen and oxygen atoms in total. The summed E-state index contributed by atoms with van der Waals surface area (Å²) in [5.74, 6) is 0.669. The molecule has 2 atom stereocenters. The molecule has 176 valence electrons. The number of oxazole rings is 1. The molecule has 1 unspecified atom stereocenters. The summed E-state index contributed by atoms with van der Waals surface area (Å²) < 4.78 is 13.6. The molecule has 12 heteroatoms. The number of hydrogen-bond donors (Lipinski definition) is 3. The van der Waals surface area contributed by atoms with Gasteiger partial charge in [-0.15, -0.1) is 0 Å². The summed E-state index contributed by atoms with van der Waals surface area (Å²) in [6.07, 6.45) is 6.30. The van der Waals surface area contributed by atoms with Gasteiger partial charge in [-0.05, 0) is 31.9 Å². The van der Waals surface area contributed by atoms with Gasteiger partial charge in [-0.3, -0.25) is 9.59 Å². The van der Waals surface area contributed by atoms with Crippen LogP contribution in [0.3, 0.4) is 0 Å². The fourth-order valence-electron chi connectivity index (χ4n) is 3.86. The monoisotopic (exact) mass is 464 g/mol. The van der Waals surface area contributed by atoms with E-state index < -0.39 is 0 Å². The standard InChI is InChI=1S/C22H24N8O4/c1-12-11-34-22(25-12)29-8-4-5-15(21(29)32)26-17-9-18(23-2)30-19(28-17)13(10-24-30)20(31)27-14-6-7-16(14)33-3/h4-5,8-11,14,16,23H,6-7H2,1-3H3,(H,26,28)(H,27,31)/t14?,16-/m1/s1. The van der Waals surface area contributed by atoms with Crippen LogP contribution in [0.15, 0.2) is 46.1 Å². The fraction of sp³-hybridized carbons (Fsp3) is 0.318. The smallest absolute Gasteiger partial charge is 0.308 e. The Bertz CT molecular complexity index is 1420. The van der Waals surface area contributed by atoms with Gasteiger partial charge in [0, 0.05) is 26.4 Å². The number of aromatic nitrogens is 5. The van der Waals surface area contributed by atoms with E-state index in [2.05, 4.69) is 31.0 Å². The van der Waals surface area contributed by atoms with Crippen LogP contribution in [-0.2, 0) is 4.74 Å². The van der Waals surface area contributed by atoms with E-state index >= 15 is 0 Å². The number of carbonyl (C=O) groups is 1. The number of nitrogens with one attached hydrogen (secondary N) is 3. The summed E-state index contributed by atoms with van der Waals surface area (Å²) in [5.41, 5.74) is 1.23. The average Bonchev–Trinajstić information content (AvgIpc) is 3.44. The lowest BCUT2D eigenvalue weighted by Gasteiger charge is -2.35. The van der Waals surface area contributed by atoms with Crippen LogP contribution in [-0.4, -0.2) is 56.4 Å². The first kappa shape index (κ1) is 21.6. The first-order valence-electron chi connectivity index (χ1n) is 10.8. The highest BCUT2D eigenvalue weighted by atomic mass is 16.5. The molecule has 4 aromatic rings. The summed E-state index contributed by atoms with van der Waals surface area (Å²) in [6, 6.07) is 5.15. The highest BCUT2D eigenvalue weighted by Crippen LogP contribution is 2.24. The van der Waals surface area contributed by atoms with Gasteiger partial charge in [0.1, 0.15) is 29.1 Å². The van der Waals surface area contributed by atoms with Crippen LogP contribution in [0.5, 0.6) is 0 Å². The number of rotatable bonds is 7. The minimum absolute atomic E-state index is 0.0107. The van der Waals surface area contributed by atoms with E-state index in [9.17, 15) is 9.59 Å². The van der Waals surface area contributed by atoms with E-state index in [-0.39, 0.29) is 35.3 Å². The first-order valence-corrected chi connectivity index (χ1v) is 10.8. The highest BCUT2D eigenvalue weighted by molar-refractivity contribution is 6.00. The van der Waals surface area contributed by atoms with Gasteiger partial charge in [0.25, 0.3) is 11.5 Å². The number of nitrogens with zero attached hydrogens (tertiary/aromatic N) is 5. The number of amides is 1. The Hall–Kier alpha value is -4.19. The average molecular weight is 464 g/mol. The van der Waals surface area contributed by atoms with Crippen LogP contribution in [0.2, 0.25) is 0 Å². The number of aryl methyl sites for hydroxylation is 1. The van der Waals surface area contributed by atoms with Crippen molar-refractivity contribution >= 4 is 28.9 Å². The lowest BCUT2D eigenvalue weighted by Crippen LogP contribution is -2.51. The zero-order valence-corrected chi connectivity index (χ0v) is 18.9. The number of fused-ring (bicyclic) bond motifs is 1. The van der Waals surface area contributed by atoms with Crippen LogP contribution >= 0.6 is 0 Å². The van der Waals surface area contributed by atoms with Gasteiger partial charge in [-0.25, -0.2) is 9.55 Å². The SMILES string of the molecule is CNc1cc(Nc2cccn(-c3nc(C)co3)c2=O)nc2c(C(=O)NC3CC[C@H]3OC)cnn12. The van der Waals surface area contributed by atoms with Gasteiger partial charge >= 0.3 is 6.01 Å². The summed E-state index contributed by atoms with van der Waals surface area (Å²) >= 11 is 0. The molecule has 1 aliphatic rings. The van der Waals surface area contributed by atoms with Gasteiger partial charge in [-0.1, -0.05) is 0 Å². The maximum absolute atomic E-state index is 13.0. The van der Waals surface area contributed by atoms with Crippen molar-refractivity contribution in [2.45, 2.75) is 31.9 Å². The molecule has 3 N–H and O–H groups in total. The lowest BCUT2D eigenvalue weighted by atomic mass is 9.89. The molecule has 4 heterocycles. The quantitative estimate of drug-likeness (QED) is 0.374. The zero-order chi connectivity index (χ0) is 23.8. The van der Waals surface area contributed by atoms with E-state index in [0.717, 1.165) is 12.8 Å². The Balaban J connectivity index is 1.48. The van der Waals surface area contributed by atoms with Crippen LogP contribution in [0.1, 0.15) is 28.9 Å². The van der Waals surface area contributed by atoms with E-state index in [4.69, 9.17) is 9.15 Å². The second kappa shape index (κ2) is 8.63. The largest absolute Gasteiger partial charge is 0.431 e. The Morgan fingerprint density at radius 3 is 2.82 bits per heavy atom. The summed E-state index contributed by atoms with van der Waals surface area (Å²) in [5, 5.41) is 13.4. The van der Waals surface area contributed by atoms with Crippen LogP contribution in [0.4, 0.5) is 17.3 Å². The summed E-state index contributed by atoms with van der Waals surface area (Å²) in [4.78, 5) is 34.7. The summed E-state index contributed by atoms with van der Waals surface area (Å²) in [7, 11) is 3.37. The Kier molecular flexibility index (Phi) is 5.49. The van der Waals surface area contributed by atoms with Gasteiger partial charge in [0.15, 0.2) is 5.65 Å². The Labute approximate surface area is 194 Å². The predicted molar refractivity (Wildman–Crippen MR) is 124 cm³/mol. The normalized spacial score (nSPS) is 17.4. The van der Waals surface area contributed by atoms with Crippen LogP contribution in [0, 0.1) is 6.92 Å². The highest BCUT2D eigenvalue weighted by Gasteiger charge is 2.33. The van der Waals surface area contributed by atoms with Crippen molar-refractivity contribution in [1.29, 1.82) is 0 Å². The van der Waals surface area contributed by atoms with E-state index in [1.165, 1.54) is 21.5 Å².